The van der Waals surface area contributed by atoms with E-state index in [0.717, 1.165) is 12.2 Å². The average Bonchev–Trinajstić information content (AvgIpc) is 3.16. The molecule has 0 aliphatic heterocycles. The summed E-state index contributed by atoms with van der Waals surface area (Å²) in [5.41, 5.74) is 3.57. The van der Waals surface area contributed by atoms with E-state index < -0.39 is 0 Å². The van der Waals surface area contributed by atoms with Crippen molar-refractivity contribution in [3.63, 3.8) is 0 Å². The number of nitrogens with one attached hydrogen (secondary N) is 1. The van der Waals surface area contributed by atoms with Gasteiger partial charge >= 0.3 is 0 Å². The summed E-state index contributed by atoms with van der Waals surface area (Å²) in [7, 11) is 0. The third-order valence-electron chi connectivity index (χ3n) is 4.39. The Morgan fingerprint density at radius 1 is 1.12 bits per heavy atom. The molecule has 0 aliphatic rings. The highest BCUT2D eigenvalue weighted by molar-refractivity contribution is 6.09. The number of aryl methyl sites for hydroxylation is 2. The molecule has 0 radical (unpaired) electrons. The molecule has 2 aromatic heterocycles. The van der Waals surface area contributed by atoms with Gasteiger partial charge in [-0.15, -0.1) is 0 Å². The summed E-state index contributed by atoms with van der Waals surface area (Å²) in [4.78, 5) is 4.29. The van der Waals surface area contributed by atoms with Gasteiger partial charge < -0.3 is 14.4 Å². The zero-order chi connectivity index (χ0) is 16.7. The van der Waals surface area contributed by atoms with Gasteiger partial charge in [-0.25, -0.2) is 0 Å². The van der Waals surface area contributed by atoms with E-state index in [4.69, 9.17) is 4.52 Å². The molecule has 1 atom stereocenters. The topological polar surface area (TPSA) is 55.9 Å². The van der Waals surface area contributed by atoms with Crippen LogP contribution in [0.4, 0.5) is 5.69 Å². The van der Waals surface area contributed by atoms with Crippen LogP contribution in [0.1, 0.15) is 31.6 Å². The average molecular weight is 320 g/mol. The van der Waals surface area contributed by atoms with Crippen molar-refractivity contribution in [2.75, 3.05) is 5.32 Å². The number of nitrogens with zero attached hydrogens (tertiary/aromatic N) is 3. The number of anilines is 1. The summed E-state index contributed by atoms with van der Waals surface area (Å²) < 4.78 is 7.60. The lowest BCUT2D eigenvalue weighted by Gasteiger charge is -2.11. The Morgan fingerprint density at radius 2 is 1.92 bits per heavy atom. The molecule has 2 aromatic carbocycles. The molecule has 122 valence electrons. The Kier molecular flexibility index (Phi) is 3.49. The van der Waals surface area contributed by atoms with Gasteiger partial charge in [-0.05, 0) is 45.0 Å². The van der Waals surface area contributed by atoms with Crippen LogP contribution in [0.15, 0.2) is 47.0 Å². The zero-order valence-corrected chi connectivity index (χ0v) is 14.1. The highest BCUT2D eigenvalue weighted by Crippen LogP contribution is 2.31. The number of hydrogen-bond acceptors (Lipinski definition) is 4. The summed E-state index contributed by atoms with van der Waals surface area (Å²) in [6, 6.07) is 15.0. The van der Waals surface area contributed by atoms with E-state index in [1.54, 1.807) is 0 Å². The van der Waals surface area contributed by atoms with E-state index in [-0.39, 0.29) is 6.04 Å². The molecule has 24 heavy (non-hydrogen) atoms. The SMILES string of the molecule is CCn1c2ccccc2c2cc(NC(C)c3nc(C)no3)ccc21. The van der Waals surface area contributed by atoms with Gasteiger partial charge in [0.15, 0.2) is 5.82 Å². The largest absolute Gasteiger partial charge is 0.374 e. The maximum absolute atomic E-state index is 5.25. The molecule has 4 aromatic rings. The van der Waals surface area contributed by atoms with E-state index >= 15 is 0 Å². The summed E-state index contributed by atoms with van der Waals surface area (Å²) in [6.07, 6.45) is 0. The van der Waals surface area contributed by atoms with Gasteiger partial charge in [-0.2, -0.15) is 4.98 Å². The molecule has 1 N–H and O–H groups in total. The van der Waals surface area contributed by atoms with Crippen LogP contribution < -0.4 is 5.32 Å². The molecule has 0 bridgehead atoms. The number of rotatable bonds is 4. The zero-order valence-electron chi connectivity index (χ0n) is 14.1. The highest BCUT2D eigenvalue weighted by atomic mass is 16.5. The first-order valence-electron chi connectivity index (χ1n) is 8.25. The molecule has 4 rings (SSSR count). The van der Waals surface area contributed by atoms with Crippen molar-refractivity contribution in [3.8, 4) is 0 Å². The predicted octanol–water partition coefficient (Wildman–Crippen LogP) is 4.68. The maximum Gasteiger partial charge on any atom is 0.248 e. The van der Waals surface area contributed by atoms with Crippen LogP contribution in [-0.2, 0) is 6.54 Å². The van der Waals surface area contributed by atoms with Crippen molar-refractivity contribution < 1.29 is 4.52 Å². The fraction of sp³-hybridized carbons (Fsp3) is 0.263. The van der Waals surface area contributed by atoms with Gasteiger partial charge in [0.05, 0.1) is 0 Å². The highest BCUT2D eigenvalue weighted by Gasteiger charge is 2.14. The van der Waals surface area contributed by atoms with Gasteiger partial charge in [0.2, 0.25) is 5.89 Å². The Balaban J connectivity index is 1.76. The summed E-state index contributed by atoms with van der Waals surface area (Å²) in [6.45, 7) is 6.98. The number of benzene rings is 2. The van der Waals surface area contributed by atoms with Crippen molar-refractivity contribution in [1.82, 2.24) is 14.7 Å². The van der Waals surface area contributed by atoms with Gasteiger partial charge in [0, 0.05) is 34.0 Å². The lowest BCUT2D eigenvalue weighted by Crippen LogP contribution is -2.07. The van der Waals surface area contributed by atoms with Gasteiger partial charge in [0.25, 0.3) is 0 Å². The summed E-state index contributed by atoms with van der Waals surface area (Å²) in [5.74, 6) is 1.25. The van der Waals surface area contributed by atoms with E-state index in [1.165, 1.54) is 21.8 Å². The number of para-hydroxylation sites is 1. The fourth-order valence-corrected chi connectivity index (χ4v) is 3.28. The van der Waals surface area contributed by atoms with E-state index in [1.807, 2.05) is 13.8 Å². The first kappa shape index (κ1) is 14.8. The maximum atomic E-state index is 5.25. The molecule has 0 amide bonds. The second-order valence-corrected chi connectivity index (χ2v) is 6.04. The Hall–Kier alpha value is -2.82. The number of fused-ring (bicyclic) bond motifs is 3. The number of aromatic nitrogens is 3. The lowest BCUT2D eigenvalue weighted by molar-refractivity contribution is 0.364. The van der Waals surface area contributed by atoms with Crippen molar-refractivity contribution in [2.45, 2.75) is 33.4 Å². The first-order chi connectivity index (χ1) is 11.7. The molecule has 2 heterocycles. The quantitative estimate of drug-likeness (QED) is 0.593. The molecular formula is C19H20N4O. The fourth-order valence-electron chi connectivity index (χ4n) is 3.28. The number of hydrogen-bond donors (Lipinski definition) is 1. The molecule has 0 saturated heterocycles. The molecule has 5 nitrogen and oxygen atoms in total. The normalized spacial score (nSPS) is 12.8. The molecule has 0 spiro atoms. The van der Waals surface area contributed by atoms with Crippen LogP contribution in [0.3, 0.4) is 0 Å². The molecule has 1 unspecified atom stereocenters. The second-order valence-electron chi connectivity index (χ2n) is 6.04. The Morgan fingerprint density at radius 3 is 2.67 bits per heavy atom. The van der Waals surface area contributed by atoms with E-state index in [2.05, 4.69) is 69.4 Å². The Labute approximate surface area is 140 Å². The summed E-state index contributed by atoms with van der Waals surface area (Å²) >= 11 is 0. The second kappa shape index (κ2) is 5.67. The predicted molar refractivity (Wildman–Crippen MR) is 96.2 cm³/mol. The van der Waals surface area contributed by atoms with Crippen LogP contribution in [0.5, 0.6) is 0 Å². The Bertz CT molecular complexity index is 1010. The van der Waals surface area contributed by atoms with Crippen molar-refractivity contribution in [1.29, 1.82) is 0 Å². The van der Waals surface area contributed by atoms with E-state index in [9.17, 15) is 0 Å². The standard InChI is InChI=1S/C19H20N4O/c1-4-23-17-8-6-5-7-15(17)16-11-14(9-10-18(16)23)20-12(2)19-21-13(3)22-24-19/h5-12,20H,4H2,1-3H3. The van der Waals surface area contributed by atoms with Crippen LogP contribution in [0.25, 0.3) is 21.8 Å². The van der Waals surface area contributed by atoms with Gasteiger partial charge in [-0.3, -0.25) is 0 Å². The summed E-state index contributed by atoms with van der Waals surface area (Å²) in [5, 5.41) is 9.84. The smallest absolute Gasteiger partial charge is 0.248 e. The molecular weight excluding hydrogens is 300 g/mol. The van der Waals surface area contributed by atoms with Crippen LogP contribution in [0, 0.1) is 6.92 Å². The molecule has 0 fully saturated rings. The third kappa shape index (κ3) is 2.33. The van der Waals surface area contributed by atoms with E-state index in [0.29, 0.717) is 11.7 Å². The minimum atomic E-state index is -0.0387. The van der Waals surface area contributed by atoms with Crippen LogP contribution in [0.2, 0.25) is 0 Å². The van der Waals surface area contributed by atoms with Crippen LogP contribution >= 0.6 is 0 Å². The lowest BCUT2D eigenvalue weighted by atomic mass is 10.1. The molecule has 0 aliphatic carbocycles. The van der Waals surface area contributed by atoms with Crippen molar-refractivity contribution in [3.05, 3.63) is 54.2 Å². The van der Waals surface area contributed by atoms with Crippen molar-refractivity contribution in [2.24, 2.45) is 0 Å². The third-order valence-corrected chi connectivity index (χ3v) is 4.39. The van der Waals surface area contributed by atoms with Gasteiger partial charge in [-0.1, -0.05) is 23.4 Å². The molecule has 5 heteroatoms. The molecule has 0 saturated carbocycles. The first-order valence-corrected chi connectivity index (χ1v) is 8.25. The van der Waals surface area contributed by atoms with Crippen LogP contribution in [-0.4, -0.2) is 14.7 Å². The van der Waals surface area contributed by atoms with Crippen molar-refractivity contribution >= 4 is 27.5 Å². The minimum Gasteiger partial charge on any atom is -0.374 e. The minimum absolute atomic E-state index is 0.0387. The van der Waals surface area contributed by atoms with Gasteiger partial charge in [0.1, 0.15) is 6.04 Å². The monoisotopic (exact) mass is 320 g/mol.